The van der Waals surface area contributed by atoms with Crippen LogP contribution >= 0.6 is 0 Å². The smallest absolute Gasteiger partial charge is 0.363 e. The predicted octanol–water partition coefficient (Wildman–Crippen LogP) is 2.77. The second-order valence-electron chi connectivity index (χ2n) is 5.18. The summed E-state index contributed by atoms with van der Waals surface area (Å²) in [5.41, 5.74) is 1.69. The van der Waals surface area contributed by atoms with E-state index in [9.17, 15) is 4.79 Å². The molecule has 6 nitrogen and oxygen atoms in total. The number of carbonyl (C=O) groups excluding carboxylic acids is 1. The molecule has 0 aliphatic carbocycles. The number of cyclic esters (lactones) is 1. The molecule has 0 bridgehead atoms. The van der Waals surface area contributed by atoms with Gasteiger partial charge < -0.3 is 18.9 Å². The number of carbonyl (C=O) groups is 1. The fourth-order valence-electron chi connectivity index (χ4n) is 2.45. The van der Waals surface area contributed by atoms with Crippen molar-refractivity contribution in [3.05, 3.63) is 59.3 Å². The Bertz CT molecular complexity index is 885. The number of fused-ring (bicyclic) bond motifs is 1. The summed E-state index contributed by atoms with van der Waals surface area (Å²) in [4.78, 5) is 16.3. The number of nitrogens with zero attached hydrogens (tertiary/aromatic N) is 1. The van der Waals surface area contributed by atoms with Gasteiger partial charge in [0, 0.05) is 5.56 Å². The van der Waals surface area contributed by atoms with Gasteiger partial charge in [0.2, 0.25) is 12.7 Å². The minimum atomic E-state index is -0.495. The van der Waals surface area contributed by atoms with Crippen LogP contribution in [0.5, 0.6) is 17.2 Å². The maximum atomic E-state index is 12.1. The summed E-state index contributed by atoms with van der Waals surface area (Å²) in [5.74, 6) is 1.72. The maximum absolute atomic E-state index is 12.1. The zero-order valence-electron chi connectivity index (χ0n) is 12.8. The second kappa shape index (κ2) is 5.73. The standard InChI is InChI=1S/C18H13NO5/c1-21-13-4-2-3-11(7-13)8-14-18(20)24-17(19-14)12-5-6-15-16(9-12)23-10-22-15/h2-9H,10H2,1H3/b14-8-. The van der Waals surface area contributed by atoms with Crippen LogP contribution in [0.1, 0.15) is 11.1 Å². The Kier molecular flexibility index (Phi) is 3.42. The van der Waals surface area contributed by atoms with E-state index in [1.165, 1.54) is 0 Å². The van der Waals surface area contributed by atoms with E-state index >= 15 is 0 Å². The molecule has 0 amide bonds. The number of hydrogen-bond donors (Lipinski definition) is 0. The van der Waals surface area contributed by atoms with Gasteiger partial charge in [0.05, 0.1) is 7.11 Å². The molecule has 120 valence electrons. The van der Waals surface area contributed by atoms with E-state index in [0.29, 0.717) is 22.8 Å². The van der Waals surface area contributed by atoms with Gasteiger partial charge in [-0.3, -0.25) is 0 Å². The van der Waals surface area contributed by atoms with E-state index in [1.807, 2.05) is 24.3 Å². The number of methoxy groups -OCH3 is 1. The largest absolute Gasteiger partial charge is 0.497 e. The van der Waals surface area contributed by atoms with Crippen molar-refractivity contribution >= 4 is 17.9 Å². The Labute approximate surface area is 137 Å². The highest BCUT2D eigenvalue weighted by Crippen LogP contribution is 2.33. The van der Waals surface area contributed by atoms with Gasteiger partial charge in [0.15, 0.2) is 17.2 Å². The first-order valence-corrected chi connectivity index (χ1v) is 7.29. The normalized spacial score (nSPS) is 17.0. The average Bonchev–Trinajstić information content (AvgIpc) is 3.21. The van der Waals surface area contributed by atoms with Crippen LogP contribution < -0.4 is 14.2 Å². The Hall–Kier alpha value is -3.28. The molecule has 4 rings (SSSR count). The Morgan fingerprint density at radius 2 is 2.00 bits per heavy atom. The molecule has 2 aliphatic heterocycles. The molecule has 0 fully saturated rings. The number of aliphatic imine (C=N–C) groups is 1. The lowest BCUT2D eigenvalue weighted by Crippen LogP contribution is -2.05. The third kappa shape index (κ3) is 2.58. The van der Waals surface area contributed by atoms with E-state index in [2.05, 4.69) is 4.99 Å². The fraction of sp³-hybridized carbons (Fsp3) is 0.111. The van der Waals surface area contributed by atoms with Gasteiger partial charge in [-0.2, -0.15) is 0 Å². The fourth-order valence-corrected chi connectivity index (χ4v) is 2.45. The number of rotatable bonds is 3. The zero-order valence-corrected chi connectivity index (χ0v) is 12.8. The van der Waals surface area contributed by atoms with Crippen LogP contribution in [0.4, 0.5) is 0 Å². The summed E-state index contributed by atoms with van der Waals surface area (Å²) in [6.07, 6.45) is 1.66. The van der Waals surface area contributed by atoms with Crippen molar-refractivity contribution in [1.29, 1.82) is 0 Å². The van der Waals surface area contributed by atoms with Crippen LogP contribution in [0.3, 0.4) is 0 Å². The van der Waals surface area contributed by atoms with Crippen LogP contribution in [-0.2, 0) is 9.53 Å². The molecule has 0 spiro atoms. The summed E-state index contributed by atoms with van der Waals surface area (Å²) in [6, 6.07) is 12.6. The van der Waals surface area contributed by atoms with E-state index in [4.69, 9.17) is 18.9 Å². The second-order valence-corrected chi connectivity index (χ2v) is 5.18. The van der Waals surface area contributed by atoms with Gasteiger partial charge in [-0.05, 0) is 42.0 Å². The SMILES string of the molecule is COc1cccc(/C=C2\N=C(c3ccc4c(c3)OCO4)OC2=O)c1. The number of ether oxygens (including phenoxy) is 4. The molecule has 0 atom stereocenters. The first kappa shape index (κ1) is 14.3. The summed E-state index contributed by atoms with van der Waals surface area (Å²) in [5, 5.41) is 0. The minimum Gasteiger partial charge on any atom is -0.497 e. The van der Waals surface area contributed by atoms with Gasteiger partial charge in [0.1, 0.15) is 5.75 Å². The average molecular weight is 323 g/mol. The number of esters is 1. The molecule has 0 unspecified atom stereocenters. The lowest BCUT2D eigenvalue weighted by atomic mass is 10.2. The van der Waals surface area contributed by atoms with Crippen LogP contribution in [0.15, 0.2) is 53.2 Å². The van der Waals surface area contributed by atoms with E-state index in [-0.39, 0.29) is 18.4 Å². The summed E-state index contributed by atoms with van der Waals surface area (Å²) < 4.78 is 21.0. The highest BCUT2D eigenvalue weighted by Gasteiger charge is 2.25. The highest BCUT2D eigenvalue weighted by atomic mass is 16.7. The topological polar surface area (TPSA) is 66.3 Å². The molecule has 24 heavy (non-hydrogen) atoms. The summed E-state index contributed by atoms with van der Waals surface area (Å²) in [7, 11) is 1.59. The van der Waals surface area contributed by atoms with Crippen molar-refractivity contribution < 1.29 is 23.7 Å². The molecule has 0 aromatic heterocycles. The van der Waals surface area contributed by atoms with Crippen molar-refractivity contribution in [3.63, 3.8) is 0 Å². The van der Waals surface area contributed by atoms with Crippen LogP contribution in [0.2, 0.25) is 0 Å². The van der Waals surface area contributed by atoms with Crippen molar-refractivity contribution in [2.75, 3.05) is 13.9 Å². The molecule has 2 aromatic rings. The molecule has 2 aromatic carbocycles. The number of benzene rings is 2. The van der Waals surface area contributed by atoms with E-state index in [1.54, 1.807) is 31.4 Å². The van der Waals surface area contributed by atoms with Crippen LogP contribution in [-0.4, -0.2) is 25.8 Å². The van der Waals surface area contributed by atoms with Crippen molar-refractivity contribution in [3.8, 4) is 17.2 Å². The van der Waals surface area contributed by atoms with Gasteiger partial charge >= 0.3 is 5.97 Å². The molecule has 2 aliphatic rings. The first-order chi connectivity index (χ1) is 11.7. The van der Waals surface area contributed by atoms with Gasteiger partial charge in [-0.15, -0.1) is 0 Å². The van der Waals surface area contributed by atoms with Gasteiger partial charge in [0.25, 0.3) is 0 Å². The lowest BCUT2D eigenvalue weighted by molar-refractivity contribution is -0.129. The summed E-state index contributed by atoms with van der Waals surface area (Å²) in [6.45, 7) is 0.187. The van der Waals surface area contributed by atoms with Crippen LogP contribution in [0, 0.1) is 0 Å². The predicted molar refractivity (Wildman–Crippen MR) is 86.2 cm³/mol. The molecule has 0 saturated carbocycles. The van der Waals surface area contributed by atoms with Crippen molar-refractivity contribution in [2.24, 2.45) is 4.99 Å². The van der Waals surface area contributed by atoms with Gasteiger partial charge in [-0.25, -0.2) is 9.79 Å². The Morgan fingerprint density at radius 1 is 1.12 bits per heavy atom. The van der Waals surface area contributed by atoms with Crippen LogP contribution in [0.25, 0.3) is 6.08 Å². The third-order valence-electron chi connectivity index (χ3n) is 3.64. The molecular formula is C18H13NO5. The van der Waals surface area contributed by atoms with E-state index < -0.39 is 5.97 Å². The van der Waals surface area contributed by atoms with Gasteiger partial charge in [-0.1, -0.05) is 12.1 Å². The summed E-state index contributed by atoms with van der Waals surface area (Å²) >= 11 is 0. The van der Waals surface area contributed by atoms with Crippen molar-refractivity contribution in [1.82, 2.24) is 0 Å². The monoisotopic (exact) mass is 323 g/mol. The quantitative estimate of drug-likeness (QED) is 0.642. The Morgan fingerprint density at radius 3 is 2.88 bits per heavy atom. The lowest BCUT2D eigenvalue weighted by Gasteiger charge is -2.01. The molecule has 0 radical (unpaired) electrons. The maximum Gasteiger partial charge on any atom is 0.363 e. The van der Waals surface area contributed by atoms with E-state index in [0.717, 1.165) is 5.56 Å². The Balaban J connectivity index is 1.66. The molecule has 2 heterocycles. The molecule has 6 heteroatoms. The highest BCUT2D eigenvalue weighted by molar-refractivity contribution is 6.13. The minimum absolute atomic E-state index is 0.187. The molecular weight excluding hydrogens is 310 g/mol. The zero-order chi connectivity index (χ0) is 16.5. The third-order valence-corrected chi connectivity index (χ3v) is 3.64. The molecule has 0 saturated heterocycles. The molecule has 0 N–H and O–H groups in total. The first-order valence-electron chi connectivity index (χ1n) is 7.29. The number of hydrogen-bond acceptors (Lipinski definition) is 6. The van der Waals surface area contributed by atoms with Crippen molar-refractivity contribution in [2.45, 2.75) is 0 Å².